The fraction of sp³-hybridized carbons (Fsp3) is 0.500. The molecule has 0 spiro atoms. The van der Waals surface area contributed by atoms with Crippen molar-refractivity contribution < 1.29 is 9.50 Å². The zero-order valence-electron chi connectivity index (χ0n) is 9.32. The lowest BCUT2D eigenvalue weighted by Crippen LogP contribution is -2.40. The van der Waals surface area contributed by atoms with Crippen molar-refractivity contribution >= 4 is 17.4 Å². The quantitative estimate of drug-likeness (QED) is 0.859. The second kappa shape index (κ2) is 5.06. The molecule has 1 heterocycles. The number of thioether (sulfide) groups is 1. The monoisotopic (exact) mass is 241 g/mol. The summed E-state index contributed by atoms with van der Waals surface area (Å²) in [7, 11) is 0. The molecule has 0 aromatic heterocycles. The van der Waals surface area contributed by atoms with Gasteiger partial charge in [-0.2, -0.15) is 11.8 Å². The van der Waals surface area contributed by atoms with Crippen LogP contribution in [0.15, 0.2) is 18.2 Å². The van der Waals surface area contributed by atoms with E-state index in [1.165, 1.54) is 6.07 Å². The maximum atomic E-state index is 13.4. The van der Waals surface area contributed by atoms with Crippen LogP contribution < -0.4 is 4.90 Å². The maximum absolute atomic E-state index is 13.4. The Hall–Kier alpha value is -0.740. The lowest BCUT2D eigenvalue weighted by atomic mass is 10.1. The van der Waals surface area contributed by atoms with Gasteiger partial charge >= 0.3 is 0 Å². The number of aliphatic hydroxyl groups excluding tert-OH is 1. The van der Waals surface area contributed by atoms with Crippen LogP contribution in [0.2, 0.25) is 0 Å². The molecule has 1 aliphatic rings. The molecule has 1 saturated heterocycles. The van der Waals surface area contributed by atoms with Crippen molar-refractivity contribution in [2.75, 3.05) is 23.0 Å². The van der Waals surface area contributed by atoms with E-state index < -0.39 is 0 Å². The van der Waals surface area contributed by atoms with Gasteiger partial charge in [0.1, 0.15) is 5.82 Å². The van der Waals surface area contributed by atoms with E-state index in [-0.39, 0.29) is 12.4 Å². The van der Waals surface area contributed by atoms with Crippen LogP contribution in [-0.4, -0.2) is 29.2 Å². The molecule has 0 amide bonds. The number of aliphatic hydroxyl groups is 1. The van der Waals surface area contributed by atoms with E-state index in [9.17, 15) is 4.39 Å². The number of nitrogens with zero attached hydrogens (tertiary/aromatic N) is 1. The molecular weight excluding hydrogens is 225 g/mol. The first-order valence-corrected chi connectivity index (χ1v) is 6.61. The predicted molar refractivity (Wildman–Crippen MR) is 66.5 cm³/mol. The average molecular weight is 241 g/mol. The van der Waals surface area contributed by atoms with Crippen LogP contribution in [0.5, 0.6) is 0 Å². The molecule has 1 aliphatic heterocycles. The second-order valence-corrected chi connectivity index (χ2v) is 5.24. The van der Waals surface area contributed by atoms with E-state index in [4.69, 9.17) is 5.11 Å². The Labute approximate surface area is 99.5 Å². The number of benzene rings is 1. The first kappa shape index (κ1) is 11.7. The van der Waals surface area contributed by atoms with Crippen LogP contribution in [0.25, 0.3) is 0 Å². The predicted octanol–water partition coefficient (Wildman–Crippen LogP) is 2.26. The van der Waals surface area contributed by atoms with Crippen LogP contribution in [0.4, 0.5) is 10.1 Å². The molecule has 2 rings (SSSR count). The third-order valence-corrected chi connectivity index (χ3v) is 4.01. The Balaban J connectivity index is 2.27. The largest absolute Gasteiger partial charge is 0.392 e. The molecule has 1 aromatic carbocycles. The molecule has 16 heavy (non-hydrogen) atoms. The number of rotatable bonds is 2. The molecule has 1 atom stereocenters. The van der Waals surface area contributed by atoms with Gasteiger partial charge in [-0.3, -0.25) is 0 Å². The van der Waals surface area contributed by atoms with Crippen molar-refractivity contribution in [2.45, 2.75) is 19.6 Å². The molecular formula is C12H16FNOS. The van der Waals surface area contributed by atoms with Gasteiger partial charge in [0.2, 0.25) is 0 Å². The summed E-state index contributed by atoms with van der Waals surface area (Å²) < 4.78 is 13.4. The fourth-order valence-electron chi connectivity index (χ4n) is 2.00. The molecule has 0 radical (unpaired) electrons. The van der Waals surface area contributed by atoms with Gasteiger partial charge in [-0.15, -0.1) is 0 Å². The molecule has 88 valence electrons. The molecule has 4 heteroatoms. The van der Waals surface area contributed by atoms with Gasteiger partial charge in [0, 0.05) is 29.8 Å². The molecule has 0 saturated carbocycles. The van der Waals surface area contributed by atoms with Crippen molar-refractivity contribution in [3.63, 3.8) is 0 Å². The zero-order chi connectivity index (χ0) is 11.5. The van der Waals surface area contributed by atoms with Crippen molar-refractivity contribution in [1.29, 1.82) is 0 Å². The van der Waals surface area contributed by atoms with E-state index >= 15 is 0 Å². The maximum Gasteiger partial charge on any atom is 0.125 e. The molecule has 2 nitrogen and oxygen atoms in total. The van der Waals surface area contributed by atoms with Crippen molar-refractivity contribution in [3.05, 3.63) is 29.6 Å². The SMILES string of the molecule is CC1CSCCN1c1cc(F)cc(CO)c1. The van der Waals surface area contributed by atoms with E-state index in [1.54, 1.807) is 6.07 Å². The van der Waals surface area contributed by atoms with Gasteiger partial charge in [-0.25, -0.2) is 4.39 Å². The summed E-state index contributed by atoms with van der Waals surface area (Å²) in [5.41, 5.74) is 1.53. The smallest absolute Gasteiger partial charge is 0.125 e. The molecule has 1 fully saturated rings. The Kier molecular flexibility index (Phi) is 3.71. The van der Waals surface area contributed by atoms with Gasteiger partial charge in [-0.05, 0) is 30.7 Å². The van der Waals surface area contributed by atoms with Gasteiger partial charge < -0.3 is 10.0 Å². The Morgan fingerprint density at radius 3 is 3.00 bits per heavy atom. The minimum Gasteiger partial charge on any atom is -0.392 e. The highest BCUT2D eigenvalue weighted by atomic mass is 32.2. The normalized spacial score (nSPS) is 21.2. The molecule has 1 N–H and O–H groups in total. The fourth-order valence-corrected chi connectivity index (χ4v) is 3.01. The third kappa shape index (κ3) is 2.50. The van der Waals surface area contributed by atoms with Gasteiger partial charge in [0.25, 0.3) is 0 Å². The third-order valence-electron chi connectivity index (χ3n) is 2.82. The number of halogens is 1. The molecule has 0 aliphatic carbocycles. The first-order chi connectivity index (χ1) is 7.70. The molecule has 0 bridgehead atoms. The summed E-state index contributed by atoms with van der Waals surface area (Å²) in [5.74, 6) is 1.88. The summed E-state index contributed by atoms with van der Waals surface area (Å²) in [4.78, 5) is 2.21. The highest BCUT2D eigenvalue weighted by molar-refractivity contribution is 7.99. The lowest BCUT2D eigenvalue weighted by molar-refractivity contribution is 0.281. The van der Waals surface area contributed by atoms with Crippen LogP contribution in [0.1, 0.15) is 12.5 Å². The van der Waals surface area contributed by atoms with Gasteiger partial charge in [0.05, 0.1) is 6.61 Å². The Morgan fingerprint density at radius 1 is 1.50 bits per heavy atom. The summed E-state index contributed by atoms with van der Waals surface area (Å²) in [6.45, 7) is 2.98. The summed E-state index contributed by atoms with van der Waals surface area (Å²) in [6.07, 6.45) is 0. The minimum absolute atomic E-state index is 0.109. The van der Waals surface area contributed by atoms with Crippen molar-refractivity contribution in [1.82, 2.24) is 0 Å². The summed E-state index contributed by atoms with van der Waals surface area (Å²) in [5, 5.41) is 9.06. The number of hydrogen-bond donors (Lipinski definition) is 1. The van der Waals surface area contributed by atoms with Crippen molar-refractivity contribution in [2.24, 2.45) is 0 Å². The van der Waals surface area contributed by atoms with E-state index in [1.807, 2.05) is 17.8 Å². The lowest BCUT2D eigenvalue weighted by Gasteiger charge is -2.35. The second-order valence-electron chi connectivity index (χ2n) is 4.09. The zero-order valence-corrected chi connectivity index (χ0v) is 10.1. The van der Waals surface area contributed by atoms with Crippen LogP contribution in [0.3, 0.4) is 0 Å². The summed E-state index contributed by atoms with van der Waals surface area (Å²) in [6, 6.07) is 5.22. The van der Waals surface area contributed by atoms with Gasteiger partial charge in [-0.1, -0.05) is 0 Å². The van der Waals surface area contributed by atoms with E-state index in [0.717, 1.165) is 23.7 Å². The average Bonchev–Trinajstić information content (AvgIpc) is 2.28. The Bertz CT molecular complexity index is 372. The summed E-state index contributed by atoms with van der Waals surface area (Å²) >= 11 is 1.93. The molecule has 1 unspecified atom stereocenters. The van der Waals surface area contributed by atoms with E-state index in [0.29, 0.717) is 11.6 Å². The van der Waals surface area contributed by atoms with Crippen molar-refractivity contribution in [3.8, 4) is 0 Å². The highest BCUT2D eigenvalue weighted by Crippen LogP contribution is 2.25. The van der Waals surface area contributed by atoms with Gasteiger partial charge in [0.15, 0.2) is 0 Å². The number of anilines is 1. The Morgan fingerprint density at radius 2 is 2.31 bits per heavy atom. The van der Waals surface area contributed by atoms with Crippen LogP contribution in [0, 0.1) is 5.82 Å². The van der Waals surface area contributed by atoms with Crippen LogP contribution >= 0.6 is 11.8 Å². The minimum atomic E-state index is -0.271. The number of hydrogen-bond acceptors (Lipinski definition) is 3. The highest BCUT2D eigenvalue weighted by Gasteiger charge is 2.19. The first-order valence-electron chi connectivity index (χ1n) is 5.45. The molecule has 1 aromatic rings. The van der Waals surface area contributed by atoms with Crippen LogP contribution in [-0.2, 0) is 6.61 Å². The topological polar surface area (TPSA) is 23.5 Å². The standard InChI is InChI=1S/C12H16FNOS/c1-9-8-16-3-2-14(9)12-5-10(7-15)4-11(13)6-12/h4-6,9,15H,2-3,7-8H2,1H3. The van der Waals surface area contributed by atoms with E-state index in [2.05, 4.69) is 11.8 Å².